The molecule has 1 aromatic rings. The minimum Gasteiger partial charge on any atom is -0.491 e. The second-order valence-corrected chi connectivity index (χ2v) is 4.36. The number of hydrogen-bond acceptors (Lipinski definition) is 3. The summed E-state index contributed by atoms with van der Waals surface area (Å²) in [6.45, 7) is -0.772. The number of alkyl halides is 3. The third-order valence-corrected chi connectivity index (χ3v) is 2.56. The van der Waals surface area contributed by atoms with Crippen molar-refractivity contribution < 1.29 is 22.6 Å². The predicted octanol–water partition coefficient (Wildman–Crippen LogP) is 3.00. The molecule has 0 atom stereocenters. The SMILES string of the molecule is Nc1ccc(OCC(F)(F)F)cc1OCC1CC1. The number of benzene rings is 1. The lowest BCUT2D eigenvalue weighted by Crippen LogP contribution is -2.19. The molecule has 0 bridgehead atoms. The zero-order chi connectivity index (χ0) is 13.2. The molecule has 1 fully saturated rings. The van der Waals surface area contributed by atoms with Gasteiger partial charge in [-0.05, 0) is 30.9 Å². The maximum Gasteiger partial charge on any atom is 0.422 e. The average molecular weight is 261 g/mol. The molecule has 6 heteroatoms. The van der Waals surface area contributed by atoms with Gasteiger partial charge < -0.3 is 15.2 Å². The normalized spacial score (nSPS) is 15.5. The van der Waals surface area contributed by atoms with E-state index in [1.807, 2.05) is 0 Å². The number of hydrogen-bond donors (Lipinski definition) is 1. The van der Waals surface area contributed by atoms with Gasteiger partial charge in [0.05, 0.1) is 12.3 Å². The lowest BCUT2D eigenvalue weighted by atomic mass is 10.3. The van der Waals surface area contributed by atoms with Crippen molar-refractivity contribution in [3.05, 3.63) is 18.2 Å². The van der Waals surface area contributed by atoms with Crippen molar-refractivity contribution in [3.8, 4) is 11.5 Å². The molecule has 1 saturated carbocycles. The number of ether oxygens (including phenoxy) is 2. The summed E-state index contributed by atoms with van der Waals surface area (Å²) < 4.78 is 46.1. The van der Waals surface area contributed by atoms with Crippen molar-refractivity contribution >= 4 is 5.69 Å². The Morgan fingerprint density at radius 3 is 2.56 bits per heavy atom. The maximum atomic E-state index is 12.0. The molecule has 0 unspecified atom stereocenters. The number of anilines is 1. The van der Waals surface area contributed by atoms with Crippen LogP contribution in [0.2, 0.25) is 0 Å². The fraction of sp³-hybridized carbons (Fsp3) is 0.500. The Bertz CT molecular complexity index is 416. The van der Waals surface area contributed by atoms with E-state index < -0.39 is 12.8 Å². The van der Waals surface area contributed by atoms with Crippen molar-refractivity contribution in [2.24, 2.45) is 5.92 Å². The molecule has 0 aliphatic heterocycles. The molecule has 0 radical (unpaired) electrons. The molecule has 2 N–H and O–H groups in total. The molecule has 0 heterocycles. The summed E-state index contributed by atoms with van der Waals surface area (Å²) in [7, 11) is 0. The van der Waals surface area contributed by atoms with E-state index in [1.165, 1.54) is 18.2 Å². The highest BCUT2D eigenvalue weighted by atomic mass is 19.4. The van der Waals surface area contributed by atoms with Crippen LogP contribution in [0.4, 0.5) is 18.9 Å². The standard InChI is InChI=1S/C12H14F3NO2/c13-12(14,15)7-18-9-3-4-10(16)11(5-9)17-6-8-1-2-8/h3-5,8H,1-2,6-7,16H2. The smallest absolute Gasteiger partial charge is 0.422 e. The Kier molecular flexibility index (Phi) is 3.54. The van der Waals surface area contributed by atoms with E-state index in [-0.39, 0.29) is 5.75 Å². The molecule has 100 valence electrons. The summed E-state index contributed by atoms with van der Waals surface area (Å²) in [6.07, 6.45) is -2.09. The fourth-order valence-electron chi connectivity index (χ4n) is 1.39. The topological polar surface area (TPSA) is 44.5 Å². The average Bonchev–Trinajstić information content (AvgIpc) is 3.09. The molecule has 1 aromatic carbocycles. The summed E-state index contributed by atoms with van der Waals surface area (Å²) in [5, 5.41) is 0. The summed E-state index contributed by atoms with van der Waals surface area (Å²) in [6, 6.07) is 4.27. The van der Waals surface area contributed by atoms with Crippen LogP contribution in [0.15, 0.2) is 18.2 Å². The summed E-state index contributed by atoms with van der Waals surface area (Å²) in [5.74, 6) is 1.03. The van der Waals surface area contributed by atoms with Crippen LogP contribution in [0.25, 0.3) is 0 Å². The van der Waals surface area contributed by atoms with Gasteiger partial charge in [0.25, 0.3) is 0 Å². The van der Waals surface area contributed by atoms with Crippen LogP contribution in [-0.4, -0.2) is 19.4 Å². The summed E-state index contributed by atoms with van der Waals surface area (Å²) >= 11 is 0. The van der Waals surface area contributed by atoms with Gasteiger partial charge in [0, 0.05) is 6.07 Å². The van der Waals surface area contributed by atoms with Crippen LogP contribution in [-0.2, 0) is 0 Å². The first kappa shape index (κ1) is 12.9. The van der Waals surface area contributed by atoms with Crippen molar-refractivity contribution in [1.29, 1.82) is 0 Å². The minimum absolute atomic E-state index is 0.104. The monoisotopic (exact) mass is 261 g/mol. The minimum atomic E-state index is -4.35. The lowest BCUT2D eigenvalue weighted by molar-refractivity contribution is -0.153. The summed E-state index contributed by atoms with van der Waals surface area (Å²) in [5.41, 5.74) is 6.07. The van der Waals surface area contributed by atoms with Gasteiger partial charge in [0.15, 0.2) is 6.61 Å². The highest BCUT2D eigenvalue weighted by Crippen LogP contribution is 2.32. The maximum absolute atomic E-state index is 12.0. The number of rotatable bonds is 5. The summed E-state index contributed by atoms with van der Waals surface area (Å²) in [4.78, 5) is 0. The Balaban J connectivity index is 1.95. The van der Waals surface area contributed by atoms with Gasteiger partial charge in [-0.1, -0.05) is 0 Å². The Hall–Kier alpha value is -1.59. The molecule has 1 aliphatic carbocycles. The van der Waals surface area contributed by atoms with Gasteiger partial charge in [-0.2, -0.15) is 13.2 Å². The van der Waals surface area contributed by atoms with E-state index in [0.29, 0.717) is 24.0 Å². The van der Waals surface area contributed by atoms with E-state index in [2.05, 4.69) is 4.74 Å². The lowest BCUT2D eigenvalue weighted by Gasteiger charge is -2.12. The van der Waals surface area contributed by atoms with Crippen LogP contribution in [0.3, 0.4) is 0 Å². The van der Waals surface area contributed by atoms with Gasteiger partial charge in [0.1, 0.15) is 11.5 Å². The molecule has 18 heavy (non-hydrogen) atoms. The number of halogens is 3. The van der Waals surface area contributed by atoms with Crippen LogP contribution < -0.4 is 15.2 Å². The van der Waals surface area contributed by atoms with Crippen molar-refractivity contribution in [1.82, 2.24) is 0 Å². The molecule has 2 rings (SSSR count). The highest BCUT2D eigenvalue weighted by Gasteiger charge is 2.28. The quantitative estimate of drug-likeness (QED) is 0.829. The number of nitrogen functional groups attached to an aromatic ring is 1. The van der Waals surface area contributed by atoms with Crippen LogP contribution >= 0.6 is 0 Å². The number of nitrogens with two attached hydrogens (primary N) is 1. The first-order valence-corrected chi connectivity index (χ1v) is 5.66. The molecule has 3 nitrogen and oxygen atoms in total. The van der Waals surface area contributed by atoms with Crippen molar-refractivity contribution in [2.45, 2.75) is 19.0 Å². The van der Waals surface area contributed by atoms with Crippen LogP contribution in [0.1, 0.15) is 12.8 Å². The van der Waals surface area contributed by atoms with Gasteiger partial charge in [-0.15, -0.1) is 0 Å². The van der Waals surface area contributed by atoms with E-state index in [9.17, 15) is 13.2 Å². The third kappa shape index (κ3) is 4.01. The second kappa shape index (κ2) is 4.96. The first-order valence-electron chi connectivity index (χ1n) is 5.66. The zero-order valence-electron chi connectivity index (χ0n) is 9.67. The van der Waals surface area contributed by atoms with Crippen molar-refractivity contribution in [3.63, 3.8) is 0 Å². The first-order chi connectivity index (χ1) is 8.44. The molecule has 0 spiro atoms. The van der Waals surface area contributed by atoms with E-state index >= 15 is 0 Å². The van der Waals surface area contributed by atoms with E-state index in [0.717, 1.165) is 12.8 Å². The molecular formula is C12H14F3NO2. The predicted molar refractivity (Wildman–Crippen MR) is 60.6 cm³/mol. The molecule has 0 amide bonds. The zero-order valence-corrected chi connectivity index (χ0v) is 9.67. The third-order valence-electron chi connectivity index (χ3n) is 2.56. The molecule has 0 saturated heterocycles. The van der Waals surface area contributed by atoms with E-state index in [4.69, 9.17) is 10.5 Å². The highest BCUT2D eigenvalue weighted by molar-refractivity contribution is 5.55. The van der Waals surface area contributed by atoms with Gasteiger partial charge >= 0.3 is 6.18 Å². The van der Waals surface area contributed by atoms with Gasteiger partial charge in [0.2, 0.25) is 0 Å². The van der Waals surface area contributed by atoms with Gasteiger partial charge in [-0.25, -0.2) is 0 Å². The molecule has 1 aliphatic rings. The van der Waals surface area contributed by atoms with Gasteiger partial charge in [-0.3, -0.25) is 0 Å². The van der Waals surface area contributed by atoms with Crippen molar-refractivity contribution in [2.75, 3.05) is 18.9 Å². The largest absolute Gasteiger partial charge is 0.491 e. The fourth-order valence-corrected chi connectivity index (χ4v) is 1.39. The Morgan fingerprint density at radius 1 is 1.22 bits per heavy atom. The molecule has 0 aromatic heterocycles. The van der Waals surface area contributed by atoms with Crippen LogP contribution in [0.5, 0.6) is 11.5 Å². The van der Waals surface area contributed by atoms with E-state index in [1.54, 1.807) is 0 Å². The second-order valence-electron chi connectivity index (χ2n) is 4.36. The Morgan fingerprint density at radius 2 is 1.94 bits per heavy atom. The molecular weight excluding hydrogens is 247 g/mol. The van der Waals surface area contributed by atoms with Crippen LogP contribution in [0, 0.1) is 5.92 Å². The Labute approximate surface area is 103 Å².